The van der Waals surface area contributed by atoms with Crippen LogP contribution in [0.2, 0.25) is 0 Å². The maximum Gasteiger partial charge on any atom is 0.133 e. The van der Waals surface area contributed by atoms with Crippen LogP contribution in [-0.2, 0) is 4.79 Å². The molecule has 0 aromatic heterocycles. The zero-order chi connectivity index (χ0) is 15.3. The number of carbonyl (C=O) groups is 1. The highest BCUT2D eigenvalue weighted by molar-refractivity contribution is 5.78. The maximum atomic E-state index is 12.6. The Labute approximate surface area is 135 Å². The summed E-state index contributed by atoms with van der Waals surface area (Å²) in [6, 6.07) is 0. The van der Waals surface area contributed by atoms with E-state index in [1.54, 1.807) is 0 Å². The van der Waals surface area contributed by atoms with Crippen molar-refractivity contribution < 1.29 is 4.79 Å². The molecule has 0 aliphatic heterocycles. The molecule has 0 spiro atoms. The van der Waals surface area contributed by atoms with E-state index < -0.39 is 0 Å². The van der Waals surface area contributed by atoms with E-state index in [2.05, 4.69) is 38.2 Å². The molecule has 4 aliphatic carbocycles. The third-order valence-corrected chi connectivity index (χ3v) is 7.22. The van der Waals surface area contributed by atoms with E-state index in [4.69, 9.17) is 0 Å². The standard InChI is InChI=1S/C21H30O/c1-13(20-11-15-3-5-17(20)9-15)7-19(22)8-14(2)21-12-16-4-6-18(21)10-16/h3-6,13-18,20-21H,7-12H2,1-2H3. The molecule has 8 atom stereocenters. The van der Waals surface area contributed by atoms with Gasteiger partial charge in [-0.3, -0.25) is 4.79 Å². The van der Waals surface area contributed by atoms with Crippen LogP contribution in [0.15, 0.2) is 24.3 Å². The summed E-state index contributed by atoms with van der Waals surface area (Å²) in [5, 5.41) is 0. The van der Waals surface area contributed by atoms with Crippen molar-refractivity contribution in [2.45, 2.75) is 52.4 Å². The molecule has 2 fully saturated rings. The monoisotopic (exact) mass is 298 g/mol. The van der Waals surface area contributed by atoms with E-state index in [-0.39, 0.29) is 0 Å². The molecule has 0 amide bonds. The minimum atomic E-state index is 0.526. The first-order chi connectivity index (χ1) is 10.6. The Hall–Kier alpha value is -0.850. The number of hydrogen-bond donors (Lipinski definition) is 0. The lowest BCUT2D eigenvalue weighted by atomic mass is 9.77. The largest absolute Gasteiger partial charge is 0.300 e. The molecular formula is C21H30O. The molecule has 0 aromatic carbocycles. The molecule has 8 unspecified atom stereocenters. The Balaban J connectivity index is 1.27. The second-order valence-electron chi connectivity index (χ2n) is 8.79. The van der Waals surface area contributed by atoms with Gasteiger partial charge in [0.05, 0.1) is 0 Å². The van der Waals surface area contributed by atoms with Crippen LogP contribution in [0, 0.1) is 47.3 Å². The Morgan fingerprint density at radius 1 is 0.818 bits per heavy atom. The fraction of sp³-hybridized carbons (Fsp3) is 0.762. The molecule has 4 bridgehead atoms. The van der Waals surface area contributed by atoms with Crippen molar-refractivity contribution in [3.05, 3.63) is 24.3 Å². The van der Waals surface area contributed by atoms with Gasteiger partial charge in [0.2, 0.25) is 0 Å². The summed E-state index contributed by atoms with van der Waals surface area (Å²) < 4.78 is 0. The van der Waals surface area contributed by atoms with Crippen LogP contribution in [0.25, 0.3) is 0 Å². The number of allylic oxidation sites excluding steroid dienone is 4. The summed E-state index contributed by atoms with van der Waals surface area (Å²) in [4.78, 5) is 12.6. The van der Waals surface area contributed by atoms with E-state index in [1.165, 1.54) is 25.7 Å². The highest BCUT2D eigenvalue weighted by Crippen LogP contribution is 2.49. The molecular weight excluding hydrogens is 268 g/mol. The van der Waals surface area contributed by atoms with Crippen LogP contribution in [0.1, 0.15) is 52.4 Å². The van der Waals surface area contributed by atoms with Crippen molar-refractivity contribution >= 4 is 5.78 Å². The molecule has 4 aliphatic rings. The van der Waals surface area contributed by atoms with Gasteiger partial charge in [-0.25, -0.2) is 0 Å². The summed E-state index contributed by atoms with van der Waals surface area (Å²) in [6.45, 7) is 4.64. The third-order valence-electron chi connectivity index (χ3n) is 7.22. The van der Waals surface area contributed by atoms with Gasteiger partial charge in [-0.2, -0.15) is 0 Å². The summed E-state index contributed by atoms with van der Waals surface area (Å²) >= 11 is 0. The van der Waals surface area contributed by atoms with Crippen LogP contribution in [0.5, 0.6) is 0 Å². The second kappa shape index (κ2) is 5.65. The summed E-state index contributed by atoms with van der Waals surface area (Å²) in [7, 11) is 0. The molecule has 0 saturated heterocycles. The van der Waals surface area contributed by atoms with Crippen molar-refractivity contribution in [2.24, 2.45) is 47.3 Å². The SMILES string of the molecule is CC(CC(=O)CC(C)C1CC2C=CC1C2)C1CC2C=CC1C2. The van der Waals surface area contributed by atoms with Gasteiger partial charge in [0.15, 0.2) is 0 Å². The number of fused-ring (bicyclic) bond motifs is 4. The number of rotatable bonds is 6. The van der Waals surface area contributed by atoms with E-state index in [1.807, 2.05) is 0 Å². The predicted molar refractivity (Wildman–Crippen MR) is 90.3 cm³/mol. The average Bonchev–Trinajstić information content (AvgIpc) is 3.26. The lowest BCUT2D eigenvalue weighted by molar-refractivity contribution is -0.121. The topological polar surface area (TPSA) is 17.1 Å². The molecule has 120 valence electrons. The third kappa shape index (κ3) is 2.61. The van der Waals surface area contributed by atoms with Crippen LogP contribution in [0.3, 0.4) is 0 Å². The highest BCUT2D eigenvalue weighted by atomic mass is 16.1. The fourth-order valence-corrected chi connectivity index (χ4v) is 6.06. The Morgan fingerprint density at radius 3 is 1.59 bits per heavy atom. The first kappa shape index (κ1) is 14.7. The molecule has 1 heteroatoms. The molecule has 0 aromatic rings. The predicted octanol–water partition coefficient (Wildman–Crippen LogP) is 5.03. The second-order valence-corrected chi connectivity index (χ2v) is 8.79. The van der Waals surface area contributed by atoms with Gasteiger partial charge < -0.3 is 0 Å². The first-order valence-electron chi connectivity index (χ1n) is 9.48. The fourth-order valence-electron chi connectivity index (χ4n) is 6.06. The summed E-state index contributed by atoms with van der Waals surface area (Å²) in [6.07, 6.45) is 16.7. The van der Waals surface area contributed by atoms with E-state index >= 15 is 0 Å². The van der Waals surface area contributed by atoms with Crippen molar-refractivity contribution in [1.29, 1.82) is 0 Å². The van der Waals surface area contributed by atoms with Gasteiger partial charge in [-0.05, 0) is 73.0 Å². The molecule has 0 N–H and O–H groups in total. The quantitative estimate of drug-likeness (QED) is 0.628. The van der Waals surface area contributed by atoms with Crippen molar-refractivity contribution in [2.75, 3.05) is 0 Å². The van der Waals surface area contributed by atoms with Crippen molar-refractivity contribution in [3.63, 3.8) is 0 Å². The van der Waals surface area contributed by atoms with Crippen LogP contribution in [0.4, 0.5) is 0 Å². The number of carbonyl (C=O) groups excluding carboxylic acids is 1. The molecule has 1 nitrogen and oxygen atoms in total. The van der Waals surface area contributed by atoms with Gasteiger partial charge in [0, 0.05) is 12.8 Å². The Morgan fingerprint density at radius 2 is 1.27 bits per heavy atom. The van der Waals surface area contributed by atoms with E-state index in [0.29, 0.717) is 17.6 Å². The van der Waals surface area contributed by atoms with Crippen LogP contribution >= 0.6 is 0 Å². The molecule has 0 radical (unpaired) electrons. The molecule has 22 heavy (non-hydrogen) atoms. The van der Waals surface area contributed by atoms with Gasteiger partial charge >= 0.3 is 0 Å². The first-order valence-corrected chi connectivity index (χ1v) is 9.48. The minimum absolute atomic E-state index is 0.526. The van der Waals surface area contributed by atoms with Gasteiger partial charge in [-0.15, -0.1) is 0 Å². The van der Waals surface area contributed by atoms with E-state index in [9.17, 15) is 4.79 Å². The lowest BCUT2D eigenvalue weighted by Gasteiger charge is -2.27. The lowest BCUT2D eigenvalue weighted by Crippen LogP contribution is -2.23. The summed E-state index contributed by atoms with van der Waals surface area (Å²) in [5.74, 6) is 6.46. The molecule has 0 heterocycles. The van der Waals surface area contributed by atoms with Gasteiger partial charge in [0.1, 0.15) is 5.78 Å². The zero-order valence-electron chi connectivity index (χ0n) is 14.1. The molecule has 2 saturated carbocycles. The Kier molecular flexibility index (Phi) is 3.78. The smallest absolute Gasteiger partial charge is 0.133 e. The minimum Gasteiger partial charge on any atom is -0.300 e. The van der Waals surface area contributed by atoms with Crippen molar-refractivity contribution in [3.8, 4) is 0 Å². The van der Waals surface area contributed by atoms with Gasteiger partial charge in [-0.1, -0.05) is 38.2 Å². The maximum absolute atomic E-state index is 12.6. The van der Waals surface area contributed by atoms with Crippen LogP contribution < -0.4 is 0 Å². The van der Waals surface area contributed by atoms with E-state index in [0.717, 1.165) is 48.3 Å². The number of Topliss-reactive ketones (excluding diaryl/α,β-unsaturated/α-hetero) is 1. The molecule has 4 rings (SSSR count). The average molecular weight is 298 g/mol. The normalized spacial score (nSPS) is 43.9. The number of hydrogen-bond acceptors (Lipinski definition) is 1. The number of ketones is 1. The highest BCUT2D eigenvalue weighted by Gasteiger charge is 2.40. The Bertz CT molecular complexity index is 458. The summed E-state index contributed by atoms with van der Waals surface area (Å²) in [5.41, 5.74) is 0. The van der Waals surface area contributed by atoms with Gasteiger partial charge in [0.25, 0.3) is 0 Å². The van der Waals surface area contributed by atoms with Crippen LogP contribution in [-0.4, -0.2) is 5.78 Å². The van der Waals surface area contributed by atoms with Crippen molar-refractivity contribution in [1.82, 2.24) is 0 Å². The zero-order valence-corrected chi connectivity index (χ0v) is 14.1.